The molecule has 3 fully saturated rings. The van der Waals surface area contributed by atoms with E-state index in [0.29, 0.717) is 28.6 Å². The van der Waals surface area contributed by atoms with Gasteiger partial charge >= 0.3 is 0 Å². The first kappa shape index (κ1) is 25.6. The monoisotopic (exact) mass is 564 g/mol. The van der Waals surface area contributed by atoms with Gasteiger partial charge in [0.1, 0.15) is 6.10 Å². The number of halogens is 3. The van der Waals surface area contributed by atoms with Crippen molar-refractivity contribution in [2.75, 3.05) is 13.1 Å². The van der Waals surface area contributed by atoms with E-state index in [1.165, 1.54) is 12.8 Å². The number of nitrogens with one attached hydrogen (secondary N) is 1. The minimum atomic E-state index is -0.957. The van der Waals surface area contributed by atoms with Crippen LogP contribution in [0.25, 0.3) is 0 Å². The molecule has 0 aromatic heterocycles. The second-order valence-electron chi connectivity index (χ2n) is 11.4. The van der Waals surface area contributed by atoms with Crippen molar-refractivity contribution in [2.24, 2.45) is 5.92 Å². The molecule has 0 radical (unpaired) electrons. The molecule has 2 bridgehead atoms. The van der Waals surface area contributed by atoms with E-state index >= 15 is 0 Å². The Morgan fingerprint density at radius 1 is 1.14 bits per heavy atom. The quantitative estimate of drug-likeness (QED) is 0.500. The predicted molar refractivity (Wildman–Crippen MR) is 144 cm³/mol. The van der Waals surface area contributed by atoms with Gasteiger partial charge in [-0.2, -0.15) is 0 Å². The number of hydrogen-bond donors (Lipinski definition) is 3. The molecular formula is C28H31Cl3N2O4. The van der Waals surface area contributed by atoms with E-state index in [4.69, 9.17) is 27.9 Å². The highest BCUT2D eigenvalue weighted by Crippen LogP contribution is 2.65. The first-order chi connectivity index (χ1) is 17.3. The third-order valence-corrected chi connectivity index (χ3v) is 10.2. The number of phenols is 1. The van der Waals surface area contributed by atoms with Crippen molar-refractivity contribution in [3.8, 4) is 11.5 Å². The number of carbonyl (C=O) groups excluding carboxylic acids is 1. The average molecular weight is 566 g/mol. The van der Waals surface area contributed by atoms with Gasteiger partial charge in [-0.3, -0.25) is 9.69 Å². The Hall–Kier alpha value is -1.70. The topological polar surface area (TPSA) is 82.0 Å². The van der Waals surface area contributed by atoms with Crippen molar-refractivity contribution in [1.82, 2.24) is 10.2 Å². The van der Waals surface area contributed by atoms with Gasteiger partial charge in [0.05, 0.1) is 33.5 Å². The number of aliphatic hydroxyl groups is 1. The second-order valence-corrected chi connectivity index (χ2v) is 12.2. The molecule has 5 aliphatic rings. The van der Waals surface area contributed by atoms with Crippen LogP contribution in [0.1, 0.15) is 48.8 Å². The molecule has 198 valence electrons. The van der Waals surface area contributed by atoms with Crippen molar-refractivity contribution < 1.29 is 19.7 Å². The van der Waals surface area contributed by atoms with Gasteiger partial charge < -0.3 is 20.3 Å². The third kappa shape index (κ3) is 3.70. The van der Waals surface area contributed by atoms with E-state index in [1.54, 1.807) is 24.3 Å². The van der Waals surface area contributed by atoms with E-state index in [1.807, 2.05) is 6.07 Å². The molecule has 9 heteroatoms. The van der Waals surface area contributed by atoms with Crippen LogP contribution in [0.5, 0.6) is 11.5 Å². The van der Waals surface area contributed by atoms with Crippen LogP contribution in [0.15, 0.2) is 30.3 Å². The Balaban J connectivity index is 0.00000252. The number of nitrogens with zero attached hydrogens (tertiary/aromatic N) is 1. The molecule has 1 spiro atoms. The van der Waals surface area contributed by atoms with Crippen molar-refractivity contribution in [3.05, 3.63) is 57.1 Å². The molecule has 0 unspecified atom stereocenters. The summed E-state index contributed by atoms with van der Waals surface area (Å²) in [6.07, 6.45) is 5.03. The Kier molecular flexibility index (Phi) is 6.16. The minimum absolute atomic E-state index is 0. The van der Waals surface area contributed by atoms with E-state index in [0.717, 1.165) is 48.5 Å². The van der Waals surface area contributed by atoms with Gasteiger partial charge in [0.25, 0.3) is 0 Å². The standard InChI is InChI=1S/C28H30Cl2N2O4.ClH/c29-18-5-3-16(11-19(18)30)12-23(34)31-20-7-8-28(35)22-13-17-4-6-21(33)25-24(17)27(28,26(20)36-25)9-10-32(22)14-15-1-2-15;/h3-6,11,15,20,22,26,33,35H,1-2,7-10,12-14H2,(H,31,34);1H/t20-,22-,26+,27+,28-;/m1./s1. The van der Waals surface area contributed by atoms with E-state index < -0.39 is 17.1 Å². The maximum atomic E-state index is 13.1. The summed E-state index contributed by atoms with van der Waals surface area (Å²) < 4.78 is 6.52. The number of piperidine rings is 1. The molecule has 1 amide bonds. The molecule has 2 saturated carbocycles. The van der Waals surface area contributed by atoms with Crippen molar-refractivity contribution >= 4 is 41.5 Å². The van der Waals surface area contributed by atoms with Crippen LogP contribution in [0, 0.1) is 5.92 Å². The van der Waals surface area contributed by atoms with Gasteiger partial charge in [-0.05, 0) is 80.3 Å². The highest BCUT2D eigenvalue weighted by atomic mass is 35.5. The molecule has 2 heterocycles. The number of benzene rings is 2. The SMILES string of the molecule is Cl.O=C(Cc1ccc(Cl)c(Cl)c1)N[C@@H]1CC[C@@]2(O)[C@H]3Cc4ccc(O)c5c4[C@@]2(CCN3CC2CC2)[C@H]1O5. The smallest absolute Gasteiger partial charge is 0.224 e. The van der Waals surface area contributed by atoms with Crippen LogP contribution in [0.2, 0.25) is 10.0 Å². The van der Waals surface area contributed by atoms with E-state index in [9.17, 15) is 15.0 Å². The van der Waals surface area contributed by atoms with Crippen molar-refractivity contribution in [1.29, 1.82) is 0 Å². The molecule has 2 aliphatic heterocycles. The van der Waals surface area contributed by atoms with Crippen LogP contribution >= 0.6 is 35.6 Å². The lowest BCUT2D eigenvalue weighted by molar-refractivity contribution is -0.192. The molecule has 3 N–H and O–H groups in total. The second kappa shape index (κ2) is 8.92. The fourth-order valence-corrected chi connectivity index (χ4v) is 8.04. The summed E-state index contributed by atoms with van der Waals surface area (Å²) in [5.41, 5.74) is 1.32. The number of rotatable bonds is 5. The summed E-state index contributed by atoms with van der Waals surface area (Å²) in [7, 11) is 0. The third-order valence-electron chi connectivity index (χ3n) is 9.46. The van der Waals surface area contributed by atoms with Crippen LogP contribution < -0.4 is 10.1 Å². The molecule has 5 atom stereocenters. The fourth-order valence-electron chi connectivity index (χ4n) is 7.72. The van der Waals surface area contributed by atoms with Crippen LogP contribution in [0.4, 0.5) is 0 Å². The summed E-state index contributed by atoms with van der Waals surface area (Å²) in [5.74, 6) is 1.23. The zero-order chi connectivity index (χ0) is 24.8. The molecule has 3 aliphatic carbocycles. The lowest BCUT2D eigenvalue weighted by Gasteiger charge is -2.64. The zero-order valence-electron chi connectivity index (χ0n) is 20.4. The van der Waals surface area contributed by atoms with Gasteiger partial charge in [0.15, 0.2) is 11.5 Å². The highest BCUT2D eigenvalue weighted by molar-refractivity contribution is 6.42. The van der Waals surface area contributed by atoms with E-state index in [2.05, 4.69) is 10.2 Å². The zero-order valence-corrected chi connectivity index (χ0v) is 22.7. The molecular weight excluding hydrogens is 535 g/mol. The van der Waals surface area contributed by atoms with Crippen LogP contribution in [-0.4, -0.2) is 57.9 Å². The molecule has 7 rings (SSSR count). The maximum Gasteiger partial charge on any atom is 0.224 e. The number of amides is 1. The summed E-state index contributed by atoms with van der Waals surface area (Å²) in [6, 6.07) is 8.69. The van der Waals surface area contributed by atoms with Gasteiger partial charge in [-0.1, -0.05) is 35.3 Å². The number of aromatic hydroxyl groups is 1. The van der Waals surface area contributed by atoms with Crippen molar-refractivity contribution in [3.63, 3.8) is 0 Å². The number of likely N-dealkylation sites (tertiary alicyclic amines) is 1. The number of ether oxygens (including phenoxy) is 1. The molecule has 6 nitrogen and oxygen atoms in total. The Morgan fingerprint density at radius 2 is 1.95 bits per heavy atom. The van der Waals surface area contributed by atoms with Gasteiger partial charge in [0.2, 0.25) is 5.91 Å². The fraction of sp³-hybridized carbons (Fsp3) is 0.536. The molecule has 2 aromatic carbocycles. The van der Waals surface area contributed by atoms with Crippen molar-refractivity contribution in [2.45, 2.75) is 74.1 Å². The summed E-state index contributed by atoms with van der Waals surface area (Å²) in [6.45, 7) is 1.93. The predicted octanol–water partition coefficient (Wildman–Crippen LogP) is 4.41. The maximum absolute atomic E-state index is 13.1. The largest absolute Gasteiger partial charge is 0.504 e. The van der Waals surface area contributed by atoms with Gasteiger partial charge in [-0.15, -0.1) is 12.4 Å². The Bertz CT molecular complexity index is 1270. The number of phenolic OH excluding ortho intramolecular Hbond substituents is 1. The first-order valence-corrected chi connectivity index (χ1v) is 13.8. The first-order valence-electron chi connectivity index (χ1n) is 13.0. The normalized spacial score (nSPS) is 33.2. The Labute approximate surface area is 232 Å². The molecule has 2 aromatic rings. The Morgan fingerprint density at radius 3 is 2.70 bits per heavy atom. The summed E-state index contributed by atoms with van der Waals surface area (Å²) in [5, 5.41) is 27.4. The van der Waals surface area contributed by atoms with Crippen LogP contribution in [-0.2, 0) is 23.1 Å². The highest BCUT2D eigenvalue weighted by Gasteiger charge is 2.73. The van der Waals surface area contributed by atoms with Crippen LogP contribution in [0.3, 0.4) is 0 Å². The lowest BCUT2D eigenvalue weighted by Crippen LogP contribution is -2.78. The van der Waals surface area contributed by atoms with Gasteiger partial charge in [0, 0.05) is 18.2 Å². The summed E-state index contributed by atoms with van der Waals surface area (Å²) >= 11 is 12.2. The molecule has 1 saturated heterocycles. The van der Waals surface area contributed by atoms with Gasteiger partial charge in [-0.25, -0.2) is 0 Å². The average Bonchev–Trinajstić information content (AvgIpc) is 3.58. The number of carbonyl (C=O) groups is 1. The number of hydrogen-bond acceptors (Lipinski definition) is 5. The minimum Gasteiger partial charge on any atom is -0.504 e. The molecule has 37 heavy (non-hydrogen) atoms. The summed E-state index contributed by atoms with van der Waals surface area (Å²) in [4.78, 5) is 15.6. The van der Waals surface area contributed by atoms with E-state index in [-0.39, 0.29) is 42.6 Å². The lowest BCUT2D eigenvalue weighted by atomic mass is 9.48.